The van der Waals surface area contributed by atoms with Gasteiger partial charge in [0.05, 0.1) is 6.04 Å². The molecule has 2 aromatic rings. The number of likely N-dealkylation sites (tertiary alicyclic amines) is 1. The van der Waals surface area contributed by atoms with Crippen LogP contribution in [0.1, 0.15) is 35.2 Å². The molecule has 0 aliphatic carbocycles. The molecular formula is C18H20N2O3. The van der Waals surface area contributed by atoms with Crippen LogP contribution in [0, 0.1) is 0 Å². The van der Waals surface area contributed by atoms with Gasteiger partial charge >= 0.3 is 0 Å². The molecule has 3 rings (SSSR count). The predicted molar refractivity (Wildman–Crippen MR) is 85.8 cm³/mol. The van der Waals surface area contributed by atoms with Crippen molar-refractivity contribution in [3.63, 3.8) is 0 Å². The van der Waals surface area contributed by atoms with Crippen LogP contribution in [-0.2, 0) is 17.8 Å². The van der Waals surface area contributed by atoms with E-state index in [2.05, 4.69) is 5.32 Å². The van der Waals surface area contributed by atoms with E-state index in [0.717, 1.165) is 17.7 Å². The molecule has 0 radical (unpaired) electrons. The minimum Gasteiger partial charge on any atom is -0.456 e. The van der Waals surface area contributed by atoms with E-state index < -0.39 is 0 Å². The van der Waals surface area contributed by atoms with Crippen LogP contribution in [0.4, 0.5) is 0 Å². The molecule has 1 aromatic heterocycles. The fourth-order valence-corrected chi connectivity index (χ4v) is 2.77. The lowest BCUT2D eigenvalue weighted by Crippen LogP contribution is -2.36. The summed E-state index contributed by atoms with van der Waals surface area (Å²) in [5.74, 6) is 0.885. The van der Waals surface area contributed by atoms with Crippen molar-refractivity contribution >= 4 is 11.8 Å². The van der Waals surface area contributed by atoms with Gasteiger partial charge in [-0.3, -0.25) is 9.59 Å². The number of aryl methyl sites for hydroxylation is 1. The smallest absolute Gasteiger partial charge is 0.287 e. The first-order chi connectivity index (χ1) is 11.2. The van der Waals surface area contributed by atoms with E-state index in [4.69, 9.17) is 4.42 Å². The van der Waals surface area contributed by atoms with Crippen LogP contribution in [0.15, 0.2) is 46.9 Å². The molecular weight excluding hydrogens is 292 g/mol. The van der Waals surface area contributed by atoms with Gasteiger partial charge in [0, 0.05) is 25.9 Å². The maximum Gasteiger partial charge on any atom is 0.287 e. The van der Waals surface area contributed by atoms with E-state index in [9.17, 15) is 9.59 Å². The van der Waals surface area contributed by atoms with Crippen LogP contribution in [0.3, 0.4) is 0 Å². The van der Waals surface area contributed by atoms with Crippen molar-refractivity contribution in [2.75, 3.05) is 6.54 Å². The van der Waals surface area contributed by atoms with Gasteiger partial charge in [0.15, 0.2) is 5.76 Å². The van der Waals surface area contributed by atoms with Gasteiger partial charge in [0.25, 0.3) is 5.91 Å². The van der Waals surface area contributed by atoms with Crippen LogP contribution in [0.2, 0.25) is 0 Å². The Morgan fingerprint density at radius 1 is 1.26 bits per heavy atom. The Hall–Kier alpha value is -2.56. The van der Waals surface area contributed by atoms with Gasteiger partial charge in [-0.2, -0.15) is 0 Å². The van der Waals surface area contributed by atoms with E-state index >= 15 is 0 Å². The molecule has 5 heteroatoms. The van der Waals surface area contributed by atoms with Crippen molar-refractivity contribution in [3.05, 3.63) is 59.5 Å². The van der Waals surface area contributed by atoms with Crippen molar-refractivity contribution in [1.82, 2.24) is 10.2 Å². The number of carbonyl (C=O) groups excluding carboxylic acids is 2. The Kier molecular flexibility index (Phi) is 4.46. The first-order valence-electron chi connectivity index (χ1n) is 7.87. The average molecular weight is 312 g/mol. The minimum atomic E-state index is -0.260. The number of furan rings is 1. The monoisotopic (exact) mass is 312 g/mol. The molecule has 1 aromatic carbocycles. The second kappa shape index (κ2) is 6.69. The second-order valence-electron chi connectivity index (χ2n) is 5.75. The molecule has 23 heavy (non-hydrogen) atoms. The molecule has 1 saturated heterocycles. The Labute approximate surface area is 135 Å². The number of benzene rings is 1. The number of amides is 2. The van der Waals surface area contributed by atoms with Crippen molar-refractivity contribution in [1.29, 1.82) is 0 Å². The van der Waals surface area contributed by atoms with E-state index in [0.29, 0.717) is 25.3 Å². The summed E-state index contributed by atoms with van der Waals surface area (Å²) in [6.45, 7) is 3.07. The van der Waals surface area contributed by atoms with Crippen molar-refractivity contribution < 1.29 is 14.0 Å². The molecule has 0 bridgehead atoms. The molecule has 1 aliphatic rings. The fourth-order valence-electron chi connectivity index (χ4n) is 2.77. The average Bonchev–Trinajstić information content (AvgIpc) is 3.16. The maximum atomic E-state index is 12.2. The topological polar surface area (TPSA) is 62.6 Å². The molecule has 0 spiro atoms. The molecule has 1 atom stereocenters. The highest BCUT2D eigenvalue weighted by atomic mass is 16.3. The summed E-state index contributed by atoms with van der Waals surface area (Å²) in [6, 6.07) is 13.2. The maximum absolute atomic E-state index is 12.2. The standard InChI is InChI=1S/C18H20N2O3/c1-2-15-8-9-16(23-15)18(22)19-14-10-17(21)20(12-14)11-13-6-4-3-5-7-13/h3-9,14H,2,10-12H2,1H3,(H,19,22)/t14-/m1/s1. The second-order valence-corrected chi connectivity index (χ2v) is 5.75. The van der Waals surface area contributed by atoms with Crippen LogP contribution in [-0.4, -0.2) is 29.3 Å². The zero-order chi connectivity index (χ0) is 16.2. The number of hydrogen-bond acceptors (Lipinski definition) is 3. The predicted octanol–water partition coefficient (Wildman–Crippen LogP) is 2.37. The number of nitrogens with zero attached hydrogens (tertiary/aromatic N) is 1. The Bertz CT molecular complexity index is 693. The molecule has 0 saturated carbocycles. The summed E-state index contributed by atoms with van der Waals surface area (Å²) in [5.41, 5.74) is 1.09. The quantitative estimate of drug-likeness (QED) is 0.922. The highest BCUT2D eigenvalue weighted by molar-refractivity contribution is 5.92. The van der Waals surface area contributed by atoms with Gasteiger partial charge < -0.3 is 14.6 Å². The Morgan fingerprint density at radius 2 is 2.04 bits per heavy atom. The van der Waals surface area contributed by atoms with Gasteiger partial charge in [-0.15, -0.1) is 0 Å². The lowest BCUT2D eigenvalue weighted by molar-refractivity contribution is -0.128. The van der Waals surface area contributed by atoms with Gasteiger partial charge in [-0.25, -0.2) is 0 Å². The van der Waals surface area contributed by atoms with Crippen LogP contribution >= 0.6 is 0 Å². The normalized spacial score (nSPS) is 17.5. The Balaban J connectivity index is 1.58. The number of rotatable bonds is 5. The number of nitrogens with one attached hydrogen (secondary N) is 1. The molecule has 1 fully saturated rings. The minimum absolute atomic E-state index is 0.0628. The zero-order valence-corrected chi connectivity index (χ0v) is 13.1. The Morgan fingerprint density at radius 3 is 2.74 bits per heavy atom. The molecule has 0 unspecified atom stereocenters. The largest absolute Gasteiger partial charge is 0.456 e. The third-order valence-electron chi connectivity index (χ3n) is 4.00. The van der Waals surface area contributed by atoms with Crippen LogP contribution in [0.25, 0.3) is 0 Å². The van der Waals surface area contributed by atoms with Crippen molar-refractivity contribution in [2.45, 2.75) is 32.4 Å². The van der Waals surface area contributed by atoms with Crippen LogP contribution < -0.4 is 5.32 Å². The van der Waals surface area contributed by atoms with Gasteiger partial charge in [0.1, 0.15) is 5.76 Å². The molecule has 5 nitrogen and oxygen atoms in total. The first-order valence-corrected chi connectivity index (χ1v) is 7.87. The SMILES string of the molecule is CCc1ccc(C(=O)N[C@@H]2CC(=O)N(Cc3ccccc3)C2)o1. The van der Waals surface area contributed by atoms with E-state index in [1.165, 1.54) is 0 Å². The highest BCUT2D eigenvalue weighted by Crippen LogP contribution is 2.16. The lowest BCUT2D eigenvalue weighted by Gasteiger charge is -2.17. The van der Waals surface area contributed by atoms with Gasteiger partial charge in [0.2, 0.25) is 5.91 Å². The van der Waals surface area contributed by atoms with E-state index in [-0.39, 0.29) is 17.9 Å². The fraction of sp³-hybridized carbons (Fsp3) is 0.333. The highest BCUT2D eigenvalue weighted by Gasteiger charge is 2.31. The summed E-state index contributed by atoms with van der Waals surface area (Å²) in [4.78, 5) is 26.1. The summed E-state index contributed by atoms with van der Waals surface area (Å²) in [5, 5.41) is 2.88. The van der Waals surface area contributed by atoms with Crippen molar-refractivity contribution in [2.24, 2.45) is 0 Å². The van der Waals surface area contributed by atoms with Gasteiger partial charge in [-0.1, -0.05) is 37.3 Å². The summed E-state index contributed by atoms with van der Waals surface area (Å²) >= 11 is 0. The van der Waals surface area contributed by atoms with Gasteiger partial charge in [-0.05, 0) is 17.7 Å². The lowest BCUT2D eigenvalue weighted by atomic mass is 10.2. The molecule has 2 heterocycles. The molecule has 2 amide bonds. The molecule has 1 N–H and O–H groups in total. The zero-order valence-electron chi connectivity index (χ0n) is 13.1. The number of carbonyl (C=O) groups is 2. The number of hydrogen-bond donors (Lipinski definition) is 1. The summed E-state index contributed by atoms with van der Waals surface area (Å²) in [6.07, 6.45) is 1.08. The van der Waals surface area contributed by atoms with Crippen LogP contribution in [0.5, 0.6) is 0 Å². The van der Waals surface area contributed by atoms with E-state index in [1.807, 2.05) is 37.3 Å². The summed E-state index contributed by atoms with van der Waals surface area (Å²) < 4.78 is 5.44. The van der Waals surface area contributed by atoms with E-state index in [1.54, 1.807) is 17.0 Å². The first kappa shape index (κ1) is 15.3. The molecule has 120 valence electrons. The van der Waals surface area contributed by atoms with Crippen molar-refractivity contribution in [3.8, 4) is 0 Å². The third-order valence-corrected chi connectivity index (χ3v) is 4.00. The third kappa shape index (κ3) is 3.62. The molecule has 1 aliphatic heterocycles. The summed E-state index contributed by atoms with van der Waals surface area (Å²) in [7, 11) is 0.